The van der Waals surface area contributed by atoms with E-state index >= 15 is 0 Å². The molecule has 37 heavy (non-hydrogen) atoms. The van der Waals surface area contributed by atoms with Crippen molar-refractivity contribution in [2.75, 3.05) is 23.7 Å². The van der Waals surface area contributed by atoms with Crippen molar-refractivity contribution in [1.82, 2.24) is 4.90 Å². The topological polar surface area (TPSA) is 44.4 Å². The molecule has 0 radical (unpaired) electrons. The van der Waals surface area contributed by atoms with Crippen LogP contribution >= 0.6 is 0 Å². The number of hydrogen-bond donors (Lipinski definition) is 2. The van der Waals surface area contributed by atoms with E-state index in [0.717, 1.165) is 45.9 Å². The first-order valence-corrected chi connectivity index (χ1v) is 13.1. The van der Waals surface area contributed by atoms with Crippen LogP contribution in [0, 0.1) is 0 Å². The van der Waals surface area contributed by atoms with Gasteiger partial charge in [0, 0.05) is 23.5 Å². The Morgan fingerprint density at radius 2 is 1.46 bits per heavy atom. The van der Waals surface area contributed by atoms with E-state index in [0.29, 0.717) is 5.57 Å². The molecule has 2 aliphatic heterocycles. The van der Waals surface area contributed by atoms with E-state index in [-0.39, 0.29) is 5.91 Å². The average molecular weight is 486 g/mol. The second-order valence-electron chi connectivity index (χ2n) is 9.86. The molecule has 0 atom stereocenters. The maximum Gasteiger partial charge on any atom is 0.258 e. The molecule has 4 aromatic rings. The number of carbonyl (C=O) groups is 1. The van der Waals surface area contributed by atoms with Crippen LogP contribution in [0.4, 0.5) is 11.4 Å². The summed E-state index contributed by atoms with van der Waals surface area (Å²) in [6.07, 6.45) is 3.94. The molecule has 0 spiro atoms. The molecule has 0 aliphatic carbocycles. The molecule has 2 N–H and O–H groups in total. The third-order valence-corrected chi connectivity index (χ3v) is 7.26. The molecular formula is C33H31N3O. The van der Waals surface area contributed by atoms with Gasteiger partial charge in [-0.25, -0.2) is 0 Å². The standard InChI is InChI=1S/C33H31N3O/c37-33-31(29-19-16-27(22-30(29)35-33)25-10-4-1-5-11-25)32(26-12-6-2-7-13-26)34-28-17-14-24(15-18-28)23-36-20-8-3-9-21-36/h1-2,4-7,10-19,22,34H,3,8-9,20-21,23H2,(H,35,37)/b32-31-. The van der Waals surface area contributed by atoms with Crippen molar-refractivity contribution in [2.24, 2.45) is 0 Å². The molecule has 0 bridgehead atoms. The fourth-order valence-electron chi connectivity index (χ4n) is 5.33. The molecule has 6 rings (SSSR count). The smallest absolute Gasteiger partial charge is 0.258 e. The van der Waals surface area contributed by atoms with Gasteiger partial charge in [-0.15, -0.1) is 0 Å². The molecular weight excluding hydrogens is 454 g/mol. The van der Waals surface area contributed by atoms with Gasteiger partial charge in [-0.3, -0.25) is 9.69 Å². The number of amides is 1. The molecule has 1 fully saturated rings. The summed E-state index contributed by atoms with van der Waals surface area (Å²) in [6.45, 7) is 3.36. The summed E-state index contributed by atoms with van der Waals surface area (Å²) >= 11 is 0. The molecule has 2 aliphatic rings. The highest BCUT2D eigenvalue weighted by molar-refractivity contribution is 6.37. The van der Waals surface area contributed by atoms with E-state index in [1.54, 1.807) is 0 Å². The second-order valence-corrected chi connectivity index (χ2v) is 9.86. The number of fused-ring (bicyclic) bond motifs is 1. The van der Waals surface area contributed by atoms with Gasteiger partial charge in [0.25, 0.3) is 5.91 Å². The number of anilines is 2. The first-order chi connectivity index (χ1) is 18.2. The van der Waals surface area contributed by atoms with Gasteiger partial charge in [0.05, 0.1) is 11.3 Å². The lowest BCUT2D eigenvalue weighted by Gasteiger charge is -2.26. The van der Waals surface area contributed by atoms with Crippen molar-refractivity contribution in [3.8, 4) is 11.1 Å². The fraction of sp³-hybridized carbons (Fsp3) is 0.182. The van der Waals surface area contributed by atoms with E-state index in [4.69, 9.17) is 0 Å². The van der Waals surface area contributed by atoms with Gasteiger partial charge in [-0.2, -0.15) is 0 Å². The van der Waals surface area contributed by atoms with Crippen LogP contribution in [0.1, 0.15) is 36.0 Å². The zero-order valence-electron chi connectivity index (χ0n) is 20.9. The molecule has 1 saturated heterocycles. The van der Waals surface area contributed by atoms with Crippen LogP contribution in [-0.2, 0) is 11.3 Å². The fourth-order valence-corrected chi connectivity index (χ4v) is 5.33. The number of likely N-dealkylation sites (tertiary alicyclic amines) is 1. The monoisotopic (exact) mass is 485 g/mol. The molecule has 2 heterocycles. The first-order valence-electron chi connectivity index (χ1n) is 13.1. The van der Waals surface area contributed by atoms with Crippen molar-refractivity contribution in [2.45, 2.75) is 25.8 Å². The van der Waals surface area contributed by atoms with Crippen LogP contribution < -0.4 is 10.6 Å². The van der Waals surface area contributed by atoms with Gasteiger partial charge in [-0.1, -0.05) is 91.3 Å². The van der Waals surface area contributed by atoms with Crippen LogP contribution in [0.15, 0.2) is 103 Å². The van der Waals surface area contributed by atoms with Crippen molar-refractivity contribution in [3.63, 3.8) is 0 Å². The second kappa shape index (κ2) is 10.5. The summed E-state index contributed by atoms with van der Waals surface area (Å²) in [5.74, 6) is -0.0896. The van der Waals surface area contributed by atoms with Gasteiger partial charge in [0.2, 0.25) is 0 Å². The Balaban J connectivity index is 1.34. The van der Waals surface area contributed by atoms with Gasteiger partial charge in [-0.05, 0) is 66.4 Å². The Labute approximate surface area is 218 Å². The summed E-state index contributed by atoms with van der Waals surface area (Å²) in [4.78, 5) is 15.9. The normalized spacial score (nSPS) is 16.7. The molecule has 0 unspecified atom stereocenters. The minimum atomic E-state index is -0.0896. The third-order valence-electron chi connectivity index (χ3n) is 7.26. The summed E-state index contributed by atoms with van der Waals surface area (Å²) in [7, 11) is 0. The Kier molecular flexibility index (Phi) is 6.57. The van der Waals surface area contributed by atoms with Gasteiger partial charge < -0.3 is 10.6 Å². The van der Waals surface area contributed by atoms with Crippen molar-refractivity contribution in [1.29, 1.82) is 0 Å². The van der Waals surface area contributed by atoms with Crippen LogP contribution in [0.2, 0.25) is 0 Å². The van der Waals surface area contributed by atoms with Crippen molar-refractivity contribution >= 4 is 28.6 Å². The average Bonchev–Trinajstić information content (AvgIpc) is 3.29. The maximum absolute atomic E-state index is 13.3. The predicted octanol–water partition coefficient (Wildman–Crippen LogP) is 7.27. The molecule has 4 nitrogen and oxygen atoms in total. The molecule has 184 valence electrons. The highest BCUT2D eigenvalue weighted by Gasteiger charge is 2.28. The summed E-state index contributed by atoms with van der Waals surface area (Å²) < 4.78 is 0. The molecule has 4 heteroatoms. The van der Waals surface area contributed by atoms with E-state index in [1.165, 1.54) is 37.9 Å². The van der Waals surface area contributed by atoms with E-state index < -0.39 is 0 Å². The number of nitrogens with one attached hydrogen (secondary N) is 2. The van der Waals surface area contributed by atoms with E-state index in [2.05, 4.69) is 70.1 Å². The Morgan fingerprint density at radius 3 is 2.19 bits per heavy atom. The van der Waals surface area contributed by atoms with Crippen molar-refractivity contribution in [3.05, 3.63) is 120 Å². The molecule has 1 amide bonds. The summed E-state index contributed by atoms with van der Waals surface area (Å²) in [5, 5.41) is 6.70. The Hall–Kier alpha value is -4.15. The van der Waals surface area contributed by atoms with E-state index in [9.17, 15) is 4.79 Å². The van der Waals surface area contributed by atoms with Crippen LogP contribution in [0.3, 0.4) is 0 Å². The molecule has 0 aromatic heterocycles. The lowest BCUT2D eigenvalue weighted by molar-refractivity contribution is -0.110. The third kappa shape index (κ3) is 5.07. The summed E-state index contributed by atoms with van der Waals surface area (Å²) in [5.41, 5.74) is 8.71. The zero-order valence-corrected chi connectivity index (χ0v) is 20.9. The van der Waals surface area contributed by atoms with Gasteiger partial charge >= 0.3 is 0 Å². The predicted molar refractivity (Wildman–Crippen MR) is 153 cm³/mol. The quantitative estimate of drug-likeness (QED) is 0.282. The zero-order chi connectivity index (χ0) is 25.0. The number of benzene rings is 4. The Morgan fingerprint density at radius 1 is 0.757 bits per heavy atom. The van der Waals surface area contributed by atoms with Crippen LogP contribution in [-0.4, -0.2) is 23.9 Å². The van der Waals surface area contributed by atoms with E-state index in [1.807, 2.05) is 48.5 Å². The first kappa shape index (κ1) is 23.3. The number of rotatable bonds is 6. The number of piperidine rings is 1. The highest BCUT2D eigenvalue weighted by atomic mass is 16.2. The molecule has 0 saturated carbocycles. The number of carbonyl (C=O) groups excluding carboxylic acids is 1. The SMILES string of the molecule is O=C1Nc2cc(-c3ccccc3)ccc2/C1=C(/Nc1ccc(CN2CCCCC2)cc1)c1ccccc1. The van der Waals surface area contributed by atoms with Crippen LogP contribution in [0.5, 0.6) is 0 Å². The lowest BCUT2D eigenvalue weighted by atomic mass is 9.97. The largest absolute Gasteiger partial charge is 0.354 e. The Bertz CT molecular complexity index is 1420. The van der Waals surface area contributed by atoms with Gasteiger partial charge in [0.15, 0.2) is 0 Å². The van der Waals surface area contributed by atoms with Gasteiger partial charge in [0.1, 0.15) is 0 Å². The minimum Gasteiger partial charge on any atom is -0.354 e. The minimum absolute atomic E-state index is 0.0896. The molecule has 4 aromatic carbocycles. The number of nitrogens with zero attached hydrogens (tertiary/aromatic N) is 1. The van der Waals surface area contributed by atoms with Crippen molar-refractivity contribution < 1.29 is 4.79 Å². The highest BCUT2D eigenvalue weighted by Crippen LogP contribution is 2.39. The van der Waals surface area contributed by atoms with Crippen LogP contribution in [0.25, 0.3) is 22.4 Å². The maximum atomic E-state index is 13.3. The lowest BCUT2D eigenvalue weighted by Crippen LogP contribution is -2.29. The number of hydrogen-bond acceptors (Lipinski definition) is 3. The summed E-state index contributed by atoms with van der Waals surface area (Å²) in [6, 6.07) is 35.2.